The Bertz CT molecular complexity index is 1210. The first-order valence-corrected chi connectivity index (χ1v) is 11.3. The van der Waals surface area contributed by atoms with Crippen molar-refractivity contribution in [2.24, 2.45) is 0 Å². The quantitative estimate of drug-likeness (QED) is 0.364. The number of carbonyl (C=O) groups is 1. The van der Waals surface area contributed by atoms with Crippen LogP contribution in [0.25, 0.3) is 5.69 Å². The Labute approximate surface area is 200 Å². The van der Waals surface area contributed by atoms with Crippen molar-refractivity contribution in [3.8, 4) is 17.3 Å². The van der Waals surface area contributed by atoms with Crippen LogP contribution in [0.15, 0.2) is 83.5 Å². The van der Waals surface area contributed by atoms with E-state index >= 15 is 0 Å². The van der Waals surface area contributed by atoms with Gasteiger partial charge in [0.15, 0.2) is 0 Å². The summed E-state index contributed by atoms with van der Waals surface area (Å²) in [5, 5.41) is 7.83. The Balaban J connectivity index is 1.74. The predicted molar refractivity (Wildman–Crippen MR) is 131 cm³/mol. The van der Waals surface area contributed by atoms with E-state index in [1.54, 1.807) is 15.8 Å². The zero-order valence-electron chi connectivity index (χ0n) is 20.0. The number of rotatable bonds is 7. The number of nitrogens with zero attached hydrogens (tertiary/aromatic N) is 3. The largest absolute Gasteiger partial charge is 0.467 e. The van der Waals surface area contributed by atoms with Gasteiger partial charge in [-0.25, -0.2) is 9.48 Å². The van der Waals surface area contributed by atoms with Crippen molar-refractivity contribution in [1.82, 2.24) is 20.0 Å². The Morgan fingerprint density at radius 1 is 1.00 bits per heavy atom. The molecule has 0 saturated heterocycles. The summed E-state index contributed by atoms with van der Waals surface area (Å²) >= 11 is 0. The van der Waals surface area contributed by atoms with E-state index in [2.05, 4.69) is 5.32 Å². The number of nitrogens with one attached hydrogen (secondary N) is 1. The minimum Gasteiger partial charge on any atom is -0.467 e. The first-order valence-electron chi connectivity index (χ1n) is 11.3. The fraction of sp³-hybridized carbons (Fsp3) is 0.259. The van der Waals surface area contributed by atoms with Crippen LogP contribution in [0.5, 0.6) is 11.6 Å². The van der Waals surface area contributed by atoms with Crippen molar-refractivity contribution in [3.63, 3.8) is 0 Å². The normalized spacial score (nSPS) is 11.3. The lowest BCUT2D eigenvalue weighted by atomic mass is 10.1. The Kier molecular flexibility index (Phi) is 6.72. The summed E-state index contributed by atoms with van der Waals surface area (Å²) in [6.07, 6.45) is 1.61. The SMILES string of the molecule is Cc1nn(-c2ccccc2)c(Oc2ccccc2)c1CN(Cc1ccco1)C(=O)NC(C)(C)C. The number of hydrogen-bond acceptors (Lipinski definition) is 4. The van der Waals surface area contributed by atoms with Crippen LogP contribution in [-0.4, -0.2) is 26.3 Å². The van der Waals surface area contributed by atoms with Crippen molar-refractivity contribution in [1.29, 1.82) is 0 Å². The van der Waals surface area contributed by atoms with Gasteiger partial charge in [0.25, 0.3) is 0 Å². The van der Waals surface area contributed by atoms with E-state index in [-0.39, 0.29) is 11.6 Å². The summed E-state index contributed by atoms with van der Waals surface area (Å²) in [5.74, 6) is 1.96. The molecule has 0 aliphatic rings. The number of hydrogen-bond donors (Lipinski definition) is 1. The van der Waals surface area contributed by atoms with Crippen molar-refractivity contribution >= 4 is 6.03 Å². The summed E-state index contributed by atoms with van der Waals surface area (Å²) in [5.41, 5.74) is 2.09. The van der Waals surface area contributed by atoms with Crippen LogP contribution < -0.4 is 10.1 Å². The average Bonchev–Trinajstić information content (AvgIpc) is 3.42. The van der Waals surface area contributed by atoms with E-state index < -0.39 is 0 Å². The van der Waals surface area contributed by atoms with Gasteiger partial charge in [0, 0.05) is 5.54 Å². The van der Waals surface area contributed by atoms with Gasteiger partial charge in [0.2, 0.25) is 5.88 Å². The van der Waals surface area contributed by atoms with Gasteiger partial charge in [-0.1, -0.05) is 36.4 Å². The molecule has 0 spiro atoms. The number of aryl methyl sites for hydroxylation is 1. The lowest BCUT2D eigenvalue weighted by molar-refractivity contribution is 0.178. The molecule has 34 heavy (non-hydrogen) atoms. The second-order valence-corrected chi connectivity index (χ2v) is 9.15. The van der Waals surface area contributed by atoms with Crippen LogP contribution in [0.2, 0.25) is 0 Å². The molecule has 0 radical (unpaired) electrons. The second-order valence-electron chi connectivity index (χ2n) is 9.15. The highest BCUT2D eigenvalue weighted by molar-refractivity contribution is 5.75. The molecule has 2 aromatic carbocycles. The molecule has 0 aliphatic heterocycles. The summed E-state index contributed by atoms with van der Waals surface area (Å²) < 4.78 is 13.7. The van der Waals surface area contributed by atoms with E-state index in [0.717, 1.165) is 16.9 Å². The minimum atomic E-state index is -0.384. The van der Waals surface area contributed by atoms with Gasteiger partial charge in [0.1, 0.15) is 11.5 Å². The first kappa shape index (κ1) is 23.2. The van der Waals surface area contributed by atoms with E-state index in [0.29, 0.717) is 30.5 Å². The minimum absolute atomic E-state index is 0.193. The molecule has 7 heteroatoms. The Morgan fingerprint density at radius 2 is 1.68 bits per heavy atom. The van der Waals surface area contributed by atoms with Crippen LogP contribution >= 0.6 is 0 Å². The van der Waals surface area contributed by atoms with Crippen molar-refractivity contribution < 1.29 is 13.9 Å². The molecule has 0 saturated carbocycles. The molecular formula is C27H30N4O3. The smallest absolute Gasteiger partial charge is 0.318 e. The number of benzene rings is 2. The zero-order valence-corrected chi connectivity index (χ0v) is 20.0. The highest BCUT2D eigenvalue weighted by atomic mass is 16.5. The summed E-state index contributed by atoms with van der Waals surface area (Å²) in [6, 6.07) is 22.9. The lowest BCUT2D eigenvalue weighted by Crippen LogP contribution is -2.48. The highest BCUT2D eigenvalue weighted by Crippen LogP contribution is 2.32. The highest BCUT2D eigenvalue weighted by Gasteiger charge is 2.26. The van der Waals surface area contributed by atoms with Crippen LogP contribution in [0.4, 0.5) is 4.79 Å². The molecule has 2 amide bonds. The van der Waals surface area contributed by atoms with Crippen molar-refractivity contribution in [3.05, 3.63) is 96.1 Å². The van der Waals surface area contributed by atoms with Gasteiger partial charge < -0.3 is 19.4 Å². The van der Waals surface area contributed by atoms with E-state index in [1.165, 1.54) is 0 Å². The Hall–Kier alpha value is -4.00. The van der Waals surface area contributed by atoms with Gasteiger partial charge in [0.05, 0.1) is 36.3 Å². The molecule has 0 aliphatic carbocycles. The van der Waals surface area contributed by atoms with Gasteiger partial charge >= 0.3 is 6.03 Å². The molecule has 176 valence electrons. The summed E-state index contributed by atoms with van der Waals surface area (Å²) in [6.45, 7) is 8.41. The van der Waals surface area contributed by atoms with Crippen LogP contribution in [-0.2, 0) is 13.1 Å². The number of aromatic nitrogens is 2. The molecule has 1 N–H and O–H groups in total. The standard InChI is InChI=1S/C27H30N4O3/c1-20-24(19-30(18-23-16-11-17-33-23)26(32)28-27(2,3)4)25(34-22-14-9-6-10-15-22)31(29-20)21-12-7-5-8-13-21/h5-17H,18-19H2,1-4H3,(H,28,32). The molecule has 0 bridgehead atoms. The fourth-order valence-electron chi connectivity index (χ4n) is 3.55. The first-order chi connectivity index (χ1) is 16.3. The van der Waals surface area contributed by atoms with E-state index in [9.17, 15) is 4.79 Å². The van der Waals surface area contributed by atoms with Crippen LogP contribution in [0, 0.1) is 6.92 Å². The van der Waals surface area contributed by atoms with Crippen LogP contribution in [0.3, 0.4) is 0 Å². The number of carbonyl (C=O) groups excluding carboxylic acids is 1. The maximum atomic E-state index is 13.3. The third-order valence-electron chi connectivity index (χ3n) is 5.14. The van der Waals surface area contributed by atoms with Gasteiger partial charge in [-0.2, -0.15) is 5.10 Å². The Morgan fingerprint density at radius 3 is 2.29 bits per heavy atom. The molecular weight excluding hydrogens is 428 g/mol. The molecule has 2 heterocycles. The van der Waals surface area contributed by atoms with Crippen molar-refractivity contribution in [2.75, 3.05) is 0 Å². The number of amides is 2. The number of furan rings is 1. The number of para-hydroxylation sites is 2. The molecule has 2 aromatic heterocycles. The van der Waals surface area contributed by atoms with E-state index in [1.807, 2.05) is 100 Å². The summed E-state index contributed by atoms with van der Waals surface area (Å²) in [4.78, 5) is 15.0. The monoisotopic (exact) mass is 458 g/mol. The molecule has 4 aromatic rings. The summed E-state index contributed by atoms with van der Waals surface area (Å²) in [7, 11) is 0. The van der Waals surface area contributed by atoms with Gasteiger partial charge in [-0.3, -0.25) is 0 Å². The van der Waals surface area contributed by atoms with Crippen LogP contribution in [0.1, 0.15) is 37.8 Å². The molecule has 4 rings (SSSR count). The van der Waals surface area contributed by atoms with Gasteiger partial charge in [-0.05, 0) is 64.1 Å². The zero-order chi connectivity index (χ0) is 24.1. The molecule has 0 unspecified atom stereocenters. The topological polar surface area (TPSA) is 72.5 Å². The van der Waals surface area contributed by atoms with Gasteiger partial charge in [-0.15, -0.1) is 0 Å². The molecule has 7 nitrogen and oxygen atoms in total. The predicted octanol–water partition coefficient (Wildman–Crippen LogP) is 6.08. The second kappa shape index (κ2) is 9.87. The van der Waals surface area contributed by atoms with E-state index in [4.69, 9.17) is 14.3 Å². The van der Waals surface area contributed by atoms with Crippen molar-refractivity contribution in [2.45, 2.75) is 46.3 Å². The molecule has 0 fully saturated rings. The number of urea groups is 1. The molecule has 0 atom stereocenters. The fourth-order valence-corrected chi connectivity index (χ4v) is 3.55. The maximum Gasteiger partial charge on any atom is 0.318 e. The third kappa shape index (κ3) is 5.67. The average molecular weight is 459 g/mol. The lowest BCUT2D eigenvalue weighted by Gasteiger charge is -2.28. The third-order valence-corrected chi connectivity index (χ3v) is 5.14. The maximum absolute atomic E-state index is 13.3. The number of ether oxygens (including phenoxy) is 1.